The number of rotatable bonds is 48. The van der Waals surface area contributed by atoms with E-state index in [1.54, 1.807) is 0 Å². The van der Waals surface area contributed by atoms with E-state index in [0.717, 1.165) is 57.8 Å². The van der Waals surface area contributed by atoms with Crippen LogP contribution in [0.1, 0.15) is 258 Å². The van der Waals surface area contributed by atoms with E-state index in [2.05, 4.69) is 38.2 Å². The first-order valence-electron chi connectivity index (χ1n) is 27.9. The van der Waals surface area contributed by atoms with Gasteiger partial charge in [0.15, 0.2) is 12.4 Å². The van der Waals surface area contributed by atoms with Gasteiger partial charge in [0.25, 0.3) is 10.1 Å². The van der Waals surface area contributed by atoms with Crippen LogP contribution in [0.25, 0.3) is 0 Å². The highest BCUT2D eigenvalue weighted by Gasteiger charge is 2.46. The molecule has 1 saturated heterocycles. The molecule has 0 aromatic carbocycles. The fraction of sp³-hybridized carbons (Fsp3) is 0.891. The van der Waals surface area contributed by atoms with Crippen molar-refractivity contribution in [1.29, 1.82) is 0 Å². The molecule has 6 atom stereocenters. The normalized spacial score (nSPS) is 19.3. The first-order chi connectivity index (χ1) is 33.0. The number of hydrogen-bond acceptors (Lipinski definition) is 11. The summed E-state index contributed by atoms with van der Waals surface area (Å²) in [5.41, 5.74) is 0. The lowest BCUT2D eigenvalue weighted by atomic mass is 10.00. The average Bonchev–Trinajstić information content (AvgIpc) is 3.31. The molecule has 1 aliphatic heterocycles. The number of carbonyl (C=O) groups is 2. The number of ether oxygens (including phenoxy) is 4. The molecule has 0 bridgehead atoms. The van der Waals surface area contributed by atoms with Crippen molar-refractivity contribution in [3.63, 3.8) is 0 Å². The molecule has 1 fully saturated rings. The van der Waals surface area contributed by atoms with E-state index in [9.17, 15) is 37.9 Å². The highest BCUT2D eigenvalue weighted by Crippen LogP contribution is 2.24. The van der Waals surface area contributed by atoms with Gasteiger partial charge in [0, 0.05) is 12.8 Å². The fourth-order valence-corrected chi connectivity index (χ4v) is 9.40. The summed E-state index contributed by atoms with van der Waals surface area (Å²) in [6, 6.07) is 0. The van der Waals surface area contributed by atoms with Crippen molar-refractivity contribution in [2.45, 2.75) is 295 Å². The molecule has 4 N–H and O–H groups in total. The highest BCUT2D eigenvalue weighted by molar-refractivity contribution is 7.85. The molecular formula is C55H102O12S. The van der Waals surface area contributed by atoms with Crippen LogP contribution in [0.3, 0.4) is 0 Å². The second-order valence-corrected chi connectivity index (χ2v) is 21.1. The molecule has 0 radical (unpaired) electrons. The summed E-state index contributed by atoms with van der Waals surface area (Å²) < 4.78 is 54.3. The minimum absolute atomic E-state index is 0.158. The number of allylic oxidation sites excluding steroid dienone is 4. The van der Waals surface area contributed by atoms with Gasteiger partial charge in [0.05, 0.1) is 6.61 Å². The van der Waals surface area contributed by atoms with Gasteiger partial charge in [-0.25, -0.2) is 0 Å². The van der Waals surface area contributed by atoms with Gasteiger partial charge in [-0.3, -0.25) is 14.1 Å². The molecule has 1 aliphatic rings. The van der Waals surface area contributed by atoms with Gasteiger partial charge in [0.1, 0.15) is 36.8 Å². The van der Waals surface area contributed by atoms with Crippen LogP contribution in [-0.2, 0) is 38.7 Å². The molecule has 1 heterocycles. The third kappa shape index (κ3) is 38.8. The molecule has 0 amide bonds. The van der Waals surface area contributed by atoms with E-state index in [-0.39, 0.29) is 19.4 Å². The third-order valence-electron chi connectivity index (χ3n) is 13.0. The second-order valence-electron chi connectivity index (χ2n) is 19.6. The Hall–Kier alpha value is -1.87. The van der Waals surface area contributed by atoms with Crippen LogP contribution < -0.4 is 0 Å². The van der Waals surface area contributed by atoms with Crippen LogP contribution in [-0.4, -0.2) is 96.0 Å². The summed E-state index contributed by atoms with van der Waals surface area (Å²) in [6.07, 6.45) is 43.6. The lowest BCUT2D eigenvalue weighted by Gasteiger charge is -2.40. The Morgan fingerprint density at radius 2 is 0.882 bits per heavy atom. The van der Waals surface area contributed by atoms with Gasteiger partial charge in [0.2, 0.25) is 0 Å². The van der Waals surface area contributed by atoms with Crippen molar-refractivity contribution in [1.82, 2.24) is 0 Å². The monoisotopic (exact) mass is 987 g/mol. The van der Waals surface area contributed by atoms with Crippen LogP contribution in [0.5, 0.6) is 0 Å². The molecule has 0 aliphatic carbocycles. The standard InChI is InChI=1S/C55H102O12S/c1-3-5-7-9-11-13-15-17-19-21-22-23-24-25-26-28-29-31-33-35-37-39-41-43-50(56)64-45-48(46-65-55-54(60)53(59)52(58)49(67-55)47-68(61,62)63)66-51(57)44-42-40-38-36-34-32-30-27-20-18-16-14-12-10-8-6-4-2/h12,14,18,20,48-49,52-55,58-60H,3-11,13,15-17,19,21-47H2,1-2H3,(H,61,62,63)/b14-12+,20-18+/t48-,49-,52-,53?,54?,55+/m1/s1. The Morgan fingerprint density at radius 1 is 0.500 bits per heavy atom. The smallest absolute Gasteiger partial charge is 0.306 e. The van der Waals surface area contributed by atoms with Gasteiger partial charge >= 0.3 is 11.9 Å². The fourth-order valence-electron chi connectivity index (χ4n) is 8.71. The zero-order chi connectivity index (χ0) is 49.8. The molecule has 13 heteroatoms. The largest absolute Gasteiger partial charge is 0.462 e. The van der Waals surface area contributed by atoms with Crippen LogP contribution in [0.2, 0.25) is 0 Å². The SMILES string of the molecule is CCCCC/C=C/C/C=C/CCCCCCCCCC(=O)O[C@H](COC(=O)CCCCCCCCCCCCCCCCCCCCCCCCC)CO[C@H]1O[C@H](CS(=O)(=O)O)[C@@H](O)C(O)C1O. The minimum Gasteiger partial charge on any atom is -0.462 e. The second kappa shape index (κ2) is 45.0. The molecule has 0 spiro atoms. The van der Waals surface area contributed by atoms with E-state index >= 15 is 0 Å². The molecule has 0 aromatic heterocycles. The summed E-state index contributed by atoms with van der Waals surface area (Å²) in [7, 11) is -4.61. The summed E-state index contributed by atoms with van der Waals surface area (Å²) >= 11 is 0. The first kappa shape index (κ1) is 64.1. The molecule has 12 nitrogen and oxygen atoms in total. The van der Waals surface area contributed by atoms with Crippen molar-refractivity contribution in [2.75, 3.05) is 19.0 Å². The summed E-state index contributed by atoms with van der Waals surface area (Å²) in [6.45, 7) is 3.78. The van der Waals surface area contributed by atoms with Crippen molar-refractivity contribution in [2.24, 2.45) is 0 Å². The topological polar surface area (TPSA) is 186 Å². The first-order valence-corrected chi connectivity index (χ1v) is 29.5. The van der Waals surface area contributed by atoms with E-state index < -0.39 is 71.2 Å². The minimum atomic E-state index is -4.61. The van der Waals surface area contributed by atoms with E-state index in [0.29, 0.717) is 12.8 Å². The van der Waals surface area contributed by atoms with E-state index in [1.165, 1.54) is 161 Å². The molecule has 68 heavy (non-hydrogen) atoms. The van der Waals surface area contributed by atoms with Crippen LogP contribution in [0, 0.1) is 0 Å². The van der Waals surface area contributed by atoms with Gasteiger partial charge < -0.3 is 34.3 Å². The van der Waals surface area contributed by atoms with Crippen LogP contribution >= 0.6 is 0 Å². The van der Waals surface area contributed by atoms with Gasteiger partial charge in [-0.1, -0.05) is 224 Å². The Balaban J connectivity index is 2.31. The number of esters is 2. The Kier molecular flexibility index (Phi) is 42.5. The quantitative estimate of drug-likeness (QED) is 0.0196. The molecule has 0 saturated carbocycles. The highest BCUT2D eigenvalue weighted by atomic mass is 32.2. The van der Waals surface area contributed by atoms with Crippen molar-refractivity contribution < 1.29 is 56.8 Å². The lowest BCUT2D eigenvalue weighted by Crippen LogP contribution is -2.60. The average molecular weight is 987 g/mol. The zero-order valence-electron chi connectivity index (χ0n) is 43.2. The maximum atomic E-state index is 12.9. The summed E-state index contributed by atoms with van der Waals surface area (Å²) in [4.78, 5) is 25.6. The molecular weight excluding hydrogens is 885 g/mol. The van der Waals surface area contributed by atoms with Crippen molar-refractivity contribution in [3.8, 4) is 0 Å². The summed E-state index contributed by atoms with van der Waals surface area (Å²) in [5.74, 6) is -1.98. The maximum Gasteiger partial charge on any atom is 0.306 e. The number of carbonyl (C=O) groups excluding carboxylic acids is 2. The van der Waals surface area contributed by atoms with Crippen molar-refractivity contribution in [3.05, 3.63) is 24.3 Å². The van der Waals surface area contributed by atoms with Gasteiger partial charge in [-0.2, -0.15) is 8.42 Å². The third-order valence-corrected chi connectivity index (χ3v) is 13.8. The number of aliphatic hydroxyl groups is 3. The molecule has 0 aromatic rings. The molecule has 2 unspecified atom stereocenters. The molecule has 400 valence electrons. The van der Waals surface area contributed by atoms with Crippen LogP contribution in [0.4, 0.5) is 0 Å². The number of unbranched alkanes of at least 4 members (excludes halogenated alkanes) is 32. The van der Waals surface area contributed by atoms with E-state index in [4.69, 9.17) is 18.9 Å². The molecule has 1 rings (SSSR count). The Bertz CT molecular complexity index is 1340. The number of hydrogen-bond donors (Lipinski definition) is 4. The number of aliphatic hydroxyl groups excluding tert-OH is 3. The predicted octanol–water partition coefficient (Wildman–Crippen LogP) is 13.1. The van der Waals surface area contributed by atoms with Crippen LogP contribution in [0.15, 0.2) is 24.3 Å². The Morgan fingerprint density at radius 3 is 1.32 bits per heavy atom. The van der Waals surface area contributed by atoms with Gasteiger partial charge in [-0.15, -0.1) is 0 Å². The Labute approximate surface area is 415 Å². The lowest BCUT2D eigenvalue weighted by molar-refractivity contribution is -0.297. The van der Waals surface area contributed by atoms with Crippen molar-refractivity contribution >= 4 is 22.1 Å². The van der Waals surface area contributed by atoms with E-state index in [1.807, 2.05) is 0 Å². The maximum absolute atomic E-state index is 12.9. The van der Waals surface area contributed by atoms with Gasteiger partial charge in [-0.05, 0) is 44.9 Å². The zero-order valence-corrected chi connectivity index (χ0v) is 44.0. The predicted molar refractivity (Wildman–Crippen MR) is 275 cm³/mol. The summed E-state index contributed by atoms with van der Waals surface area (Å²) in [5, 5.41) is 31.0.